The zero-order valence-electron chi connectivity index (χ0n) is 21.7. The third-order valence-corrected chi connectivity index (χ3v) is 8.21. The highest BCUT2D eigenvalue weighted by atomic mass is 32.1. The molecule has 2 saturated heterocycles. The summed E-state index contributed by atoms with van der Waals surface area (Å²) in [5.74, 6) is 1.58. The standard InChI is InChI=1S/C28H31N7O3S/c29-7-1-2-20-3-5-21(6-4-20)28(36)35-10-8-33(9-11-35)17-22-16-23-25(39-22)27(34-12-14-37-15-13-34)32-26(31-23)24-18-38-19-30-24/h1,3-7,16,18-19H,2,8-15,17,29H2. The van der Waals surface area contributed by atoms with Gasteiger partial charge in [0.1, 0.15) is 12.0 Å². The average Bonchev–Trinajstić information content (AvgIpc) is 3.67. The van der Waals surface area contributed by atoms with E-state index in [4.69, 9.17) is 24.9 Å². The Balaban J connectivity index is 1.14. The number of carbonyl (C=O) groups is 1. The molecule has 2 aliphatic heterocycles. The molecular formula is C28H31N7O3S. The van der Waals surface area contributed by atoms with E-state index in [1.165, 1.54) is 11.3 Å². The van der Waals surface area contributed by atoms with Crippen molar-refractivity contribution < 1.29 is 13.9 Å². The van der Waals surface area contributed by atoms with Crippen molar-refractivity contribution in [3.63, 3.8) is 0 Å². The Labute approximate surface area is 230 Å². The summed E-state index contributed by atoms with van der Waals surface area (Å²) in [6.07, 6.45) is 7.19. The maximum Gasteiger partial charge on any atom is 0.253 e. The lowest BCUT2D eigenvalue weighted by Crippen LogP contribution is -2.48. The summed E-state index contributed by atoms with van der Waals surface area (Å²) in [5.41, 5.74) is 8.84. The van der Waals surface area contributed by atoms with Crippen molar-refractivity contribution in [1.29, 1.82) is 0 Å². The number of piperazine rings is 1. The number of oxazole rings is 1. The number of benzene rings is 1. The Hall–Kier alpha value is -3.80. The van der Waals surface area contributed by atoms with Gasteiger partial charge in [-0.25, -0.2) is 15.0 Å². The lowest BCUT2D eigenvalue weighted by atomic mass is 10.1. The maximum atomic E-state index is 13.1. The second kappa shape index (κ2) is 11.5. The molecule has 2 fully saturated rings. The lowest BCUT2D eigenvalue weighted by molar-refractivity contribution is 0.0629. The van der Waals surface area contributed by atoms with Gasteiger partial charge in [-0.05, 0) is 36.4 Å². The number of aromatic nitrogens is 3. The van der Waals surface area contributed by atoms with E-state index in [0.29, 0.717) is 37.8 Å². The SMILES string of the molecule is NC=CCc1ccc(C(=O)N2CCN(Cc3cc4nc(-c5cocn5)nc(N5CCOCC5)c4s3)CC2)cc1. The van der Waals surface area contributed by atoms with E-state index in [2.05, 4.69) is 20.9 Å². The number of ether oxygens (including phenoxy) is 1. The molecule has 4 aromatic rings. The number of morpholine rings is 1. The number of hydrogen-bond acceptors (Lipinski definition) is 10. The molecule has 0 radical (unpaired) electrons. The summed E-state index contributed by atoms with van der Waals surface area (Å²) in [5, 5.41) is 0. The zero-order valence-corrected chi connectivity index (χ0v) is 22.5. The number of thiophene rings is 1. The average molecular weight is 546 g/mol. The van der Waals surface area contributed by atoms with Gasteiger partial charge in [-0.15, -0.1) is 11.3 Å². The Bertz CT molecular complexity index is 1440. The van der Waals surface area contributed by atoms with Crippen LogP contribution in [0.2, 0.25) is 0 Å². The molecule has 0 atom stereocenters. The first-order valence-corrected chi connectivity index (χ1v) is 14.0. The number of amides is 1. The molecule has 1 amide bonds. The number of nitrogens with zero attached hydrogens (tertiary/aromatic N) is 6. The highest BCUT2D eigenvalue weighted by Crippen LogP contribution is 2.35. The highest BCUT2D eigenvalue weighted by molar-refractivity contribution is 7.19. The summed E-state index contributed by atoms with van der Waals surface area (Å²) >= 11 is 1.74. The molecule has 0 unspecified atom stereocenters. The quantitative estimate of drug-likeness (QED) is 0.374. The Morgan fingerprint density at radius 1 is 1.05 bits per heavy atom. The fraction of sp³-hybridized carbons (Fsp3) is 0.357. The molecule has 1 aromatic carbocycles. The van der Waals surface area contributed by atoms with Crippen molar-refractivity contribution in [2.75, 3.05) is 57.4 Å². The molecule has 3 aromatic heterocycles. The number of rotatable bonds is 7. The molecule has 0 spiro atoms. The van der Waals surface area contributed by atoms with Crippen molar-refractivity contribution in [3.05, 3.63) is 71.3 Å². The number of anilines is 1. The van der Waals surface area contributed by atoms with E-state index in [9.17, 15) is 4.79 Å². The van der Waals surface area contributed by atoms with Crippen LogP contribution in [0.25, 0.3) is 21.7 Å². The number of hydrogen-bond donors (Lipinski definition) is 1. The highest BCUT2D eigenvalue weighted by Gasteiger charge is 2.24. The van der Waals surface area contributed by atoms with E-state index >= 15 is 0 Å². The molecule has 39 heavy (non-hydrogen) atoms. The topological polar surface area (TPSA) is 114 Å². The van der Waals surface area contributed by atoms with Gasteiger partial charge in [0.15, 0.2) is 18.0 Å². The summed E-state index contributed by atoms with van der Waals surface area (Å²) < 4.78 is 11.8. The van der Waals surface area contributed by atoms with Gasteiger partial charge in [0.25, 0.3) is 5.91 Å². The van der Waals surface area contributed by atoms with Crippen LogP contribution in [0.4, 0.5) is 5.82 Å². The first-order chi connectivity index (χ1) is 19.2. The predicted molar refractivity (Wildman–Crippen MR) is 151 cm³/mol. The van der Waals surface area contributed by atoms with Crippen LogP contribution in [-0.4, -0.2) is 83.1 Å². The fourth-order valence-electron chi connectivity index (χ4n) is 4.97. The minimum Gasteiger partial charge on any atom is -0.451 e. The van der Waals surface area contributed by atoms with Gasteiger partial charge in [0.05, 0.1) is 23.4 Å². The Morgan fingerprint density at radius 2 is 1.85 bits per heavy atom. The predicted octanol–water partition coefficient (Wildman–Crippen LogP) is 3.16. The van der Waals surface area contributed by atoms with Crippen LogP contribution in [0.5, 0.6) is 0 Å². The molecule has 6 rings (SSSR count). The van der Waals surface area contributed by atoms with E-state index in [0.717, 1.165) is 66.3 Å². The van der Waals surface area contributed by atoms with E-state index < -0.39 is 0 Å². The van der Waals surface area contributed by atoms with Gasteiger partial charge in [-0.2, -0.15) is 0 Å². The summed E-state index contributed by atoms with van der Waals surface area (Å²) in [6, 6.07) is 9.96. The molecule has 2 aliphatic rings. The van der Waals surface area contributed by atoms with Crippen molar-refractivity contribution in [2.24, 2.45) is 5.73 Å². The lowest BCUT2D eigenvalue weighted by Gasteiger charge is -2.34. The monoisotopic (exact) mass is 545 g/mol. The first kappa shape index (κ1) is 25.5. The second-order valence-corrected chi connectivity index (χ2v) is 10.8. The Kier molecular flexibility index (Phi) is 7.53. The van der Waals surface area contributed by atoms with Crippen molar-refractivity contribution in [2.45, 2.75) is 13.0 Å². The summed E-state index contributed by atoms with van der Waals surface area (Å²) in [4.78, 5) is 34.9. The maximum absolute atomic E-state index is 13.1. The first-order valence-electron chi connectivity index (χ1n) is 13.2. The molecule has 0 aliphatic carbocycles. The van der Waals surface area contributed by atoms with Crippen LogP contribution in [0.15, 0.2) is 59.7 Å². The summed E-state index contributed by atoms with van der Waals surface area (Å²) in [7, 11) is 0. The largest absolute Gasteiger partial charge is 0.451 e. The number of carbonyl (C=O) groups excluding carboxylic acids is 1. The molecule has 2 N–H and O–H groups in total. The molecule has 202 valence electrons. The van der Waals surface area contributed by atoms with Crippen LogP contribution in [0.1, 0.15) is 20.8 Å². The van der Waals surface area contributed by atoms with E-state index in [-0.39, 0.29) is 5.91 Å². The fourth-order valence-corrected chi connectivity index (χ4v) is 6.12. The van der Waals surface area contributed by atoms with E-state index in [1.807, 2.05) is 35.2 Å². The normalized spacial score (nSPS) is 16.9. The van der Waals surface area contributed by atoms with Gasteiger partial charge >= 0.3 is 0 Å². The minimum absolute atomic E-state index is 0.0863. The smallest absolute Gasteiger partial charge is 0.253 e. The van der Waals surface area contributed by atoms with Gasteiger partial charge < -0.3 is 24.7 Å². The molecule has 5 heterocycles. The van der Waals surface area contributed by atoms with Crippen LogP contribution in [0, 0.1) is 0 Å². The van der Waals surface area contributed by atoms with Crippen molar-refractivity contribution in [3.8, 4) is 11.5 Å². The van der Waals surface area contributed by atoms with Crippen LogP contribution in [-0.2, 0) is 17.7 Å². The van der Waals surface area contributed by atoms with Gasteiger partial charge in [0.2, 0.25) is 0 Å². The van der Waals surface area contributed by atoms with Crippen LogP contribution in [0.3, 0.4) is 0 Å². The van der Waals surface area contributed by atoms with Crippen LogP contribution < -0.4 is 10.6 Å². The third kappa shape index (κ3) is 5.65. The van der Waals surface area contributed by atoms with Gasteiger partial charge in [0, 0.05) is 56.3 Å². The van der Waals surface area contributed by atoms with Gasteiger partial charge in [-0.3, -0.25) is 9.69 Å². The Morgan fingerprint density at radius 3 is 2.56 bits per heavy atom. The number of allylic oxidation sites excluding steroid dienone is 1. The molecule has 11 heteroatoms. The number of fused-ring (bicyclic) bond motifs is 1. The second-order valence-electron chi connectivity index (χ2n) is 9.67. The molecule has 10 nitrogen and oxygen atoms in total. The summed E-state index contributed by atoms with van der Waals surface area (Å²) in [6.45, 7) is 6.82. The third-order valence-electron chi connectivity index (χ3n) is 7.11. The van der Waals surface area contributed by atoms with Crippen molar-refractivity contribution >= 4 is 33.3 Å². The molecule has 0 saturated carbocycles. The van der Waals surface area contributed by atoms with Crippen LogP contribution >= 0.6 is 11.3 Å². The zero-order chi connectivity index (χ0) is 26.6. The van der Waals surface area contributed by atoms with E-state index in [1.54, 1.807) is 23.8 Å². The minimum atomic E-state index is 0.0863. The van der Waals surface area contributed by atoms with Crippen molar-refractivity contribution in [1.82, 2.24) is 24.8 Å². The number of nitrogens with two attached hydrogens (primary N) is 1. The molecular weight excluding hydrogens is 514 g/mol. The molecule has 0 bridgehead atoms. The van der Waals surface area contributed by atoms with Gasteiger partial charge in [-0.1, -0.05) is 18.2 Å².